The van der Waals surface area contributed by atoms with Crippen LogP contribution in [-0.4, -0.2) is 15.8 Å². The van der Waals surface area contributed by atoms with Gasteiger partial charge in [0.25, 0.3) is 0 Å². The molecule has 0 amide bonds. The lowest BCUT2D eigenvalue weighted by molar-refractivity contribution is 0.0971. The molecule has 0 unspecified atom stereocenters. The molecule has 0 fully saturated rings. The number of nitrogens with zero attached hydrogens (tertiary/aromatic N) is 2. The topological polar surface area (TPSA) is 42.9 Å². The van der Waals surface area contributed by atoms with Gasteiger partial charge in [0, 0.05) is 22.7 Å². The number of Topliss-reactive ketones (excluding diaryl/α,β-unsaturated/α-hetero) is 1. The van der Waals surface area contributed by atoms with Crippen molar-refractivity contribution < 1.29 is 4.79 Å². The predicted octanol–water partition coefficient (Wildman–Crippen LogP) is 3.73. The third-order valence-electron chi connectivity index (χ3n) is 3.41. The van der Waals surface area contributed by atoms with Gasteiger partial charge in [0.15, 0.2) is 11.6 Å². The van der Waals surface area contributed by atoms with Crippen LogP contribution in [0.25, 0.3) is 11.4 Å². The van der Waals surface area contributed by atoms with Crippen molar-refractivity contribution in [3.05, 3.63) is 45.7 Å². The van der Waals surface area contributed by atoms with E-state index in [1.54, 1.807) is 6.20 Å². The number of aromatic nitrogens is 2. The molecule has 1 aliphatic rings. The van der Waals surface area contributed by atoms with Crippen molar-refractivity contribution in [1.29, 1.82) is 0 Å². The maximum Gasteiger partial charge on any atom is 0.166 e. The Kier molecular flexibility index (Phi) is 3.19. The molecule has 1 aromatic carbocycles. The SMILES string of the molecule is Cc1cc(Br)ccc1-c1ncc2c(n1)CCCC2=O. The van der Waals surface area contributed by atoms with Gasteiger partial charge in [0.05, 0.1) is 11.3 Å². The fourth-order valence-corrected chi connectivity index (χ4v) is 2.87. The van der Waals surface area contributed by atoms with Gasteiger partial charge in [-0.2, -0.15) is 0 Å². The molecule has 0 radical (unpaired) electrons. The maximum absolute atomic E-state index is 11.8. The van der Waals surface area contributed by atoms with Crippen molar-refractivity contribution in [2.75, 3.05) is 0 Å². The largest absolute Gasteiger partial charge is 0.294 e. The van der Waals surface area contributed by atoms with E-state index in [0.717, 1.165) is 34.1 Å². The van der Waals surface area contributed by atoms with E-state index >= 15 is 0 Å². The Morgan fingerprint density at radius 2 is 2.05 bits per heavy atom. The molecule has 2 aromatic rings. The molecule has 0 spiro atoms. The Morgan fingerprint density at radius 1 is 1.21 bits per heavy atom. The van der Waals surface area contributed by atoms with Gasteiger partial charge in [-0.15, -0.1) is 0 Å². The lowest BCUT2D eigenvalue weighted by atomic mass is 9.96. The predicted molar refractivity (Wildman–Crippen MR) is 77.2 cm³/mol. The standard InChI is InChI=1S/C15H13BrN2O/c1-9-7-10(16)5-6-11(9)15-17-8-12-13(18-15)3-2-4-14(12)19/h5-8H,2-4H2,1H3. The van der Waals surface area contributed by atoms with E-state index in [9.17, 15) is 4.79 Å². The number of aryl methyl sites for hydroxylation is 2. The highest BCUT2D eigenvalue weighted by molar-refractivity contribution is 9.10. The molecule has 3 rings (SSSR count). The summed E-state index contributed by atoms with van der Waals surface area (Å²) in [6.45, 7) is 2.04. The van der Waals surface area contributed by atoms with Gasteiger partial charge in [-0.25, -0.2) is 9.97 Å². The Labute approximate surface area is 120 Å². The van der Waals surface area contributed by atoms with Gasteiger partial charge in [-0.3, -0.25) is 4.79 Å². The average Bonchev–Trinajstić information content (AvgIpc) is 2.38. The van der Waals surface area contributed by atoms with Gasteiger partial charge < -0.3 is 0 Å². The molecule has 0 atom stereocenters. The number of rotatable bonds is 1. The van der Waals surface area contributed by atoms with Crippen molar-refractivity contribution in [1.82, 2.24) is 9.97 Å². The molecule has 0 saturated heterocycles. The molecule has 0 saturated carbocycles. The zero-order chi connectivity index (χ0) is 13.4. The number of hydrogen-bond acceptors (Lipinski definition) is 3. The maximum atomic E-state index is 11.8. The average molecular weight is 317 g/mol. The second-order valence-corrected chi connectivity index (χ2v) is 5.71. The summed E-state index contributed by atoms with van der Waals surface area (Å²) >= 11 is 3.45. The molecular formula is C15H13BrN2O. The molecule has 0 aliphatic heterocycles. The van der Waals surface area contributed by atoms with Crippen LogP contribution in [0.2, 0.25) is 0 Å². The molecule has 0 N–H and O–H groups in total. The quantitative estimate of drug-likeness (QED) is 0.805. The Bertz CT molecular complexity index is 667. The number of ketones is 1. The fraction of sp³-hybridized carbons (Fsp3) is 0.267. The van der Waals surface area contributed by atoms with Crippen molar-refractivity contribution in [3.8, 4) is 11.4 Å². The molecular weight excluding hydrogens is 304 g/mol. The zero-order valence-corrected chi connectivity index (χ0v) is 12.2. The first-order valence-corrected chi connectivity index (χ1v) is 7.10. The molecule has 3 nitrogen and oxygen atoms in total. The van der Waals surface area contributed by atoms with Gasteiger partial charge in [-0.1, -0.05) is 15.9 Å². The molecule has 1 heterocycles. The Morgan fingerprint density at radius 3 is 2.84 bits per heavy atom. The molecule has 96 valence electrons. The van der Waals surface area contributed by atoms with Crippen LogP contribution < -0.4 is 0 Å². The fourth-order valence-electron chi connectivity index (χ4n) is 2.40. The van der Waals surface area contributed by atoms with E-state index in [0.29, 0.717) is 17.8 Å². The number of fused-ring (bicyclic) bond motifs is 1. The number of halogens is 1. The highest BCUT2D eigenvalue weighted by Gasteiger charge is 2.19. The molecule has 0 bridgehead atoms. The van der Waals surface area contributed by atoms with E-state index < -0.39 is 0 Å². The van der Waals surface area contributed by atoms with Crippen molar-refractivity contribution in [2.45, 2.75) is 26.2 Å². The molecule has 4 heteroatoms. The van der Waals surface area contributed by atoms with E-state index in [1.165, 1.54) is 0 Å². The summed E-state index contributed by atoms with van der Waals surface area (Å²) in [5, 5.41) is 0. The summed E-state index contributed by atoms with van der Waals surface area (Å²) in [6.07, 6.45) is 4.06. The lowest BCUT2D eigenvalue weighted by Gasteiger charge is -2.14. The number of carbonyl (C=O) groups excluding carboxylic acids is 1. The Balaban J connectivity index is 2.09. The molecule has 1 aromatic heterocycles. The van der Waals surface area contributed by atoms with Crippen LogP contribution in [0.1, 0.15) is 34.5 Å². The minimum absolute atomic E-state index is 0.167. The first-order chi connectivity index (χ1) is 9.15. The van der Waals surface area contributed by atoms with E-state index in [2.05, 4.69) is 25.9 Å². The summed E-state index contributed by atoms with van der Waals surface area (Å²) in [7, 11) is 0. The normalized spacial score (nSPS) is 14.3. The summed E-state index contributed by atoms with van der Waals surface area (Å²) in [5.74, 6) is 0.874. The summed E-state index contributed by atoms with van der Waals surface area (Å²) in [6, 6.07) is 6.03. The van der Waals surface area contributed by atoms with Gasteiger partial charge in [0.1, 0.15) is 0 Å². The van der Waals surface area contributed by atoms with E-state index in [-0.39, 0.29) is 5.78 Å². The van der Waals surface area contributed by atoms with Gasteiger partial charge in [0.2, 0.25) is 0 Å². The second-order valence-electron chi connectivity index (χ2n) is 4.79. The van der Waals surface area contributed by atoms with Crippen molar-refractivity contribution >= 4 is 21.7 Å². The zero-order valence-electron chi connectivity index (χ0n) is 10.6. The third kappa shape index (κ3) is 2.32. The highest BCUT2D eigenvalue weighted by atomic mass is 79.9. The van der Waals surface area contributed by atoms with Crippen LogP contribution >= 0.6 is 15.9 Å². The minimum atomic E-state index is 0.167. The Hall–Kier alpha value is -1.55. The van der Waals surface area contributed by atoms with E-state index in [4.69, 9.17) is 0 Å². The van der Waals surface area contributed by atoms with Crippen molar-refractivity contribution in [2.24, 2.45) is 0 Å². The summed E-state index contributed by atoms with van der Waals surface area (Å²) < 4.78 is 1.04. The number of hydrogen-bond donors (Lipinski definition) is 0. The molecule has 19 heavy (non-hydrogen) atoms. The van der Waals surface area contributed by atoms with E-state index in [1.807, 2.05) is 25.1 Å². The summed E-state index contributed by atoms with van der Waals surface area (Å²) in [4.78, 5) is 20.7. The summed E-state index contributed by atoms with van der Waals surface area (Å²) in [5.41, 5.74) is 3.73. The van der Waals surface area contributed by atoms with Crippen LogP contribution in [0.4, 0.5) is 0 Å². The minimum Gasteiger partial charge on any atom is -0.294 e. The highest BCUT2D eigenvalue weighted by Crippen LogP contribution is 2.26. The van der Waals surface area contributed by atoms with Gasteiger partial charge in [-0.05, 0) is 43.5 Å². The number of carbonyl (C=O) groups is 1. The van der Waals surface area contributed by atoms with Crippen LogP contribution in [0.3, 0.4) is 0 Å². The third-order valence-corrected chi connectivity index (χ3v) is 3.91. The second kappa shape index (κ2) is 4.85. The lowest BCUT2D eigenvalue weighted by Crippen LogP contribution is -2.13. The van der Waals surface area contributed by atoms with Crippen LogP contribution in [-0.2, 0) is 6.42 Å². The van der Waals surface area contributed by atoms with Gasteiger partial charge >= 0.3 is 0 Å². The first-order valence-electron chi connectivity index (χ1n) is 6.31. The molecule has 1 aliphatic carbocycles. The van der Waals surface area contributed by atoms with Crippen LogP contribution in [0.5, 0.6) is 0 Å². The van der Waals surface area contributed by atoms with Crippen LogP contribution in [0.15, 0.2) is 28.9 Å². The monoisotopic (exact) mass is 316 g/mol. The number of benzene rings is 1. The smallest absolute Gasteiger partial charge is 0.166 e. The first kappa shape index (κ1) is 12.5. The van der Waals surface area contributed by atoms with Crippen molar-refractivity contribution in [3.63, 3.8) is 0 Å². The van der Waals surface area contributed by atoms with Crippen LogP contribution in [0, 0.1) is 6.92 Å².